The van der Waals surface area contributed by atoms with Gasteiger partial charge in [-0.3, -0.25) is 9.59 Å². The van der Waals surface area contributed by atoms with Crippen molar-refractivity contribution in [2.75, 3.05) is 6.54 Å². The van der Waals surface area contributed by atoms with Crippen molar-refractivity contribution in [3.63, 3.8) is 0 Å². The predicted molar refractivity (Wildman–Crippen MR) is 81.6 cm³/mol. The number of nitrogens with one attached hydrogen (secondary N) is 1. The minimum Gasteiger partial charge on any atom is -0.342 e. The van der Waals surface area contributed by atoms with Gasteiger partial charge in [0.15, 0.2) is 0 Å². The average Bonchev–Trinajstić information content (AvgIpc) is 3.31. The van der Waals surface area contributed by atoms with Gasteiger partial charge >= 0.3 is 0 Å². The van der Waals surface area contributed by atoms with Gasteiger partial charge in [-0.2, -0.15) is 0 Å². The third kappa shape index (κ3) is 3.41. The van der Waals surface area contributed by atoms with E-state index in [2.05, 4.69) is 5.32 Å². The number of carbonyl (C=O) groups is 2. The van der Waals surface area contributed by atoms with Crippen LogP contribution in [0.15, 0.2) is 0 Å². The standard InChI is InChI=1S/C17H28N2O2/c1-12-16(20)18-15(14-7-3-2-4-8-14)17(21)19(12)11-5-6-13-9-10-13/h12-15H,2-11H2,1H3,(H,18,20). The second kappa shape index (κ2) is 6.37. The molecule has 2 aliphatic carbocycles. The Kier molecular flexibility index (Phi) is 4.51. The summed E-state index contributed by atoms with van der Waals surface area (Å²) in [7, 11) is 0. The lowest BCUT2D eigenvalue weighted by Crippen LogP contribution is -2.64. The van der Waals surface area contributed by atoms with E-state index in [-0.39, 0.29) is 23.9 Å². The highest BCUT2D eigenvalue weighted by atomic mass is 16.2. The summed E-state index contributed by atoms with van der Waals surface area (Å²) >= 11 is 0. The summed E-state index contributed by atoms with van der Waals surface area (Å²) in [5.74, 6) is 1.46. The maximum absolute atomic E-state index is 12.8. The first-order valence-electron chi connectivity index (χ1n) is 8.77. The zero-order valence-corrected chi connectivity index (χ0v) is 13.1. The minimum absolute atomic E-state index is 0.0385. The summed E-state index contributed by atoms with van der Waals surface area (Å²) in [4.78, 5) is 26.8. The van der Waals surface area contributed by atoms with Gasteiger partial charge in [-0.1, -0.05) is 32.1 Å². The van der Waals surface area contributed by atoms with Gasteiger partial charge < -0.3 is 10.2 Å². The van der Waals surface area contributed by atoms with Crippen molar-refractivity contribution >= 4 is 11.8 Å². The Bertz CT molecular complexity index is 400. The van der Waals surface area contributed by atoms with E-state index in [1.807, 2.05) is 11.8 Å². The van der Waals surface area contributed by atoms with Crippen LogP contribution in [0.5, 0.6) is 0 Å². The SMILES string of the molecule is CC1C(=O)NC(C2CCCCC2)C(=O)N1CCCC1CC1. The monoisotopic (exact) mass is 292 g/mol. The smallest absolute Gasteiger partial charge is 0.246 e. The molecule has 1 N–H and O–H groups in total. The van der Waals surface area contributed by atoms with Crippen LogP contribution in [0.25, 0.3) is 0 Å². The molecule has 118 valence electrons. The largest absolute Gasteiger partial charge is 0.342 e. The quantitative estimate of drug-likeness (QED) is 0.846. The van der Waals surface area contributed by atoms with Crippen LogP contribution in [0.1, 0.15) is 64.7 Å². The molecule has 3 rings (SSSR count). The third-order valence-corrected chi connectivity index (χ3v) is 5.52. The molecule has 0 aromatic rings. The Balaban J connectivity index is 1.61. The van der Waals surface area contributed by atoms with E-state index in [4.69, 9.17) is 0 Å². The molecule has 1 heterocycles. The van der Waals surface area contributed by atoms with Crippen molar-refractivity contribution in [3.05, 3.63) is 0 Å². The average molecular weight is 292 g/mol. The number of amides is 2. The van der Waals surface area contributed by atoms with Gasteiger partial charge in [0.1, 0.15) is 12.1 Å². The molecule has 4 heteroatoms. The van der Waals surface area contributed by atoms with E-state index in [0.717, 1.165) is 31.7 Å². The summed E-state index contributed by atoms with van der Waals surface area (Å²) in [6, 6.07) is -0.550. The van der Waals surface area contributed by atoms with Gasteiger partial charge in [0.2, 0.25) is 11.8 Å². The van der Waals surface area contributed by atoms with E-state index in [1.54, 1.807) is 0 Å². The maximum Gasteiger partial charge on any atom is 0.246 e. The van der Waals surface area contributed by atoms with Gasteiger partial charge in [0.05, 0.1) is 0 Å². The first kappa shape index (κ1) is 14.9. The molecule has 0 radical (unpaired) electrons. The van der Waals surface area contributed by atoms with Crippen LogP contribution in [-0.2, 0) is 9.59 Å². The van der Waals surface area contributed by atoms with Crippen molar-refractivity contribution in [3.8, 4) is 0 Å². The molecule has 0 aromatic carbocycles. The first-order valence-corrected chi connectivity index (χ1v) is 8.77. The number of hydrogen-bond acceptors (Lipinski definition) is 2. The fourth-order valence-corrected chi connectivity index (χ4v) is 3.89. The van der Waals surface area contributed by atoms with E-state index >= 15 is 0 Å². The minimum atomic E-state index is -0.295. The van der Waals surface area contributed by atoms with E-state index < -0.39 is 0 Å². The number of carbonyl (C=O) groups excluding carboxylic acids is 2. The zero-order chi connectivity index (χ0) is 14.8. The zero-order valence-electron chi connectivity index (χ0n) is 13.1. The maximum atomic E-state index is 12.8. The van der Waals surface area contributed by atoms with Crippen molar-refractivity contribution < 1.29 is 9.59 Å². The highest BCUT2D eigenvalue weighted by Crippen LogP contribution is 2.34. The predicted octanol–water partition coefficient (Wildman–Crippen LogP) is 2.47. The molecule has 3 fully saturated rings. The fraction of sp³-hybridized carbons (Fsp3) is 0.882. The van der Waals surface area contributed by atoms with Crippen molar-refractivity contribution in [1.82, 2.24) is 10.2 Å². The van der Waals surface area contributed by atoms with Crippen LogP contribution in [0.3, 0.4) is 0 Å². The van der Waals surface area contributed by atoms with E-state index in [9.17, 15) is 9.59 Å². The Morgan fingerprint density at radius 3 is 2.48 bits per heavy atom. The molecule has 1 saturated heterocycles. The molecule has 21 heavy (non-hydrogen) atoms. The summed E-state index contributed by atoms with van der Waals surface area (Å²) in [6.45, 7) is 2.62. The number of rotatable bonds is 5. The van der Waals surface area contributed by atoms with Crippen molar-refractivity contribution in [2.45, 2.75) is 76.8 Å². The topological polar surface area (TPSA) is 49.4 Å². The van der Waals surface area contributed by atoms with Crippen LogP contribution in [0, 0.1) is 11.8 Å². The van der Waals surface area contributed by atoms with Crippen LogP contribution in [-0.4, -0.2) is 35.3 Å². The summed E-state index contributed by atoms with van der Waals surface area (Å²) in [5.41, 5.74) is 0. The molecule has 2 atom stereocenters. The Morgan fingerprint density at radius 2 is 1.81 bits per heavy atom. The van der Waals surface area contributed by atoms with Crippen molar-refractivity contribution in [2.24, 2.45) is 11.8 Å². The molecular weight excluding hydrogens is 264 g/mol. The molecule has 1 aliphatic heterocycles. The highest BCUT2D eigenvalue weighted by molar-refractivity contribution is 5.96. The molecule has 2 saturated carbocycles. The fourth-order valence-electron chi connectivity index (χ4n) is 3.89. The Morgan fingerprint density at radius 1 is 1.10 bits per heavy atom. The van der Waals surface area contributed by atoms with E-state index in [1.165, 1.54) is 38.5 Å². The van der Waals surface area contributed by atoms with Crippen LogP contribution in [0.2, 0.25) is 0 Å². The van der Waals surface area contributed by atoms with Gasteiger partial charge in [-0.15, -0.1) is 0 Å². The molecule has 0 bridgehead atoms. The van der Waals surface area contributed by atoms with Gasteiger partial charge in [0, 0.05) is 6.54 Å². The Labute approximate surface area is 127 Å². The van der Waals surface area contributed by atoms with Crippen LogP contribution < -0.4 is 5.32 Å². The number of hydrogen-bond donors (Lipinski definition) is 1. The second-order valence-electron chi connectivity index (χ2n) is 7.18. The molecular formula is C17H28N2O2. The molecule has 2 amide bonds. The lowest BCUT2D eigenvalue weighted by molar-refractivity contribution is -0.150. The lowest BCUT2D eigenvalue weighted by atomic mass is 9.82. The summed E-state index contributed by atoms with van der Waals surface area (Å²) in [6.07, 6.45) is 10.8. The number of nitrogens with zero attached hydrogens (tertiary/aromatic N) is 1. The molecule has 2 unspecified atom stereocenters. The normalized spacial score (nSPS) is 31.4. The van der Waals surface area contributed by atoms with Crippen LogP contribution in [0.4, 0.5) is 0 Å². The Hall–Kier alpha value is -1.06. The molecule has 0 spiro atoms. The highest BCUT2D eigenvalue weighted by Gasteiger charge is 2.41. The number of piperazine rings is 1. The second-order valence-corrected chi connectivity index (χ2v) is 7.18. The summed E-state index contributed by atoms with van der Waals surface area (Å²) < 4.78 is 0. The van der Waals surface area contributed by atoms with Crippen molar-refractivity contribution in [1.29, 1.82) is 0 Å². The van der Waals surface area contributed by atoms with Gasteiger partial charge in [-0.05, 0) is 44.4 Å². The first-order chi connectivity index (χ1) is 10.2. The van der Waals surface area contributed by atoms with Crippen LogP contribution >= 0.6 is 0 Å². The van der Waals surface area contributed by atoms with E-state index in [0.29, 0.717) is 5.92 Å². The summed E-state index contributed by atoms with van der Waals surface area (Å²) in [5, 5.41) is 3.00. The van der Waals surface area contributed by atoms with Gasteiger partial charge in [0.25, 0.3) is 0 Å². The lowest BCUT2D eigenvalue weighted by Gasteiger charge is -2.41. The molecule has 3 aliphatic rings. The third-order valence-electron chi connectivity index (χ3n) is 5.52. The molecule has 4 nitrogen and oxygen atoms in total. The van der Waals surface area contributed by atoms with Gasteiger partial charge in [-0.25, -0.2) is 0 Å². The molecule has 0 aromatic heterocycles.